The maximum absolute atomic E-state index is 14.1. The highest BCUT2D eigenvalue weighted by molar-refractivity contribution is 7.15. The Balaban J connectivity index is 1.43. The summed E-state index contributed by atoms with van der Waals surface area (Å²) in [5.74, 6) is 4.92. The lowest BCUT2D eigenvalue weighted by atomic mass is 9.81. The van der Waals surface area contributed by atoms with E-state index in [1.54, 1.807) is 11.0 Å². The smallest absolute Gasteiger partial charge is 0.405 e. The van der Waals surface area contributed by atoms with Crippen LogP contribution in [0.25, 0.3) is 0 Å². The van der Waals surface area contributed by atoms with Gasteiger partial charge in [0.15, 0.2) is 0 Å². The molecular weight excluding hydrogens is 543 g/mol. The summed E-state index contributed by atoms with van der Waals surface area (Å²) < 4.78 is 57.2. The molecule has 4 fully saturated rings. The van der Waals surface area contributed by atoms with Crippen LogP contribution in [0.15, 0.2) is 6.07 Å². The second-order valence-electron chi connectivity index (χ2n) is 11.9. The predicted octanol–water partition coefficient (Wildman–Crippen LogP) is 6.50. The van der Waals surface area contributed by atoms with Gasteiger partial charge in [0.25, 0.3) is 0 Å². The van der Waals surface area contributed by atoms with Gasteiger partial charge < -0.3 is 19.1 Å². The van der Waals surface area contributed by atoms with Crippen molar-refractivity contribution in [3.8, 4) is 11.8 Å². The van der Waals surface area contributed by atoms with Crippen LogP contribution in [0.4, 0.5) is 18.9 Å². The molecule has 0 bridgehead atoms. The number of carbonyl (C=O) groups excluding carboxylic acids is 2. The van der Waals surface area contributed by atoms with E-state index in [2.05, 4.69) is 18.8 Å². The number of carbonyl (C=O) groups is 2. The van der Waals surface area contributed by atoms with Crippen LogP contribution in [0, 0.1) is 29.1 Å². The molecule has 1 amide bonds. The maximum atomic E-state index is 14.1. The first kappa shape index (κ1) is 29.4. The average molecular weight is 582 g/mol. The number of hydrogen-bond donors (Lipinski definition) is 0. The Labute approximate surface area is 237 Å². The summed E-state index contributed by atoms with van der Waals surface area (Å²) in [4.78, 5) is 29.3. The zero-order valence-electron chi connectivity index (χ0n) is 23.2. The monoisotopic (exact) mass is 581 g/mol. The Morgan fingerprint density at radius 1 is 1.05 bits per heavy atom. The summed E-state index contributed by atoms with van der Waals surface area (Å²) in [6.07, 6.45) is 3.16. The number of ether oxygens (including phenoxy) is 3. The molecule has 1 unspecified atom stereocenters. The van der Waals surface area contributed by atoms with Gasteiger partial charge >= 0.3 is 12.1 Å². The van der Waals surface area contributed by atoms with Crippen LogP contribution < -0.4 is 4.90 Å². The fourth-order valence-electron chi connectivity index (χ4n) is 6.18. The van der Waals surface area contributed by atoms with Gasteiger partial charge in [-0.05, 0) is 82.6 Å². The van der Waals surface area contributed by atoms with Crippen LogP contribution in [-0.2, 0) is 19.0 Å². The van der Waals surface area contributed by atoms with Crippen molar-refractivity contribution in [1.82, 2.24) is 0 Å². The summed E-state index contributed by atoms with van der Waals surface area (Å²) in [5.41, 5.74) is -1.56. The van der Waals surface area contributed by atoms with E-state index >= 15 is 0 Å². The molecule has 1 atom stereocenters. The molecule has 40 heavy (non-hydrogen) atoms. The second-order valence-corrected chi connectivity index (χ2v) is 12.9. The lowest BCUT2D eigenvalue weighted by Gasteiger charge is -2.40. The topological polar surface area (TPSA) is 65.1 Å². The number of alkyl halides is 3. The molecule has 3 saturated carbocycles. The summed E-state index contributed by atoms with van der Waals surface area (Å²) in [6.45, 7) is 3.52. The summed E-state index contributed by atoms with van der Waals surface area (Å²) in [6, 6.07) is 1.48. The molecule has 1 aromatic heterocycles. The standard InChI is InChI=1S/C30H38F3NO5S/c1-19-3-5-20(6-4-19)27(35)34(21-7-9-22(10-8-21)39-23-12-16-38-18-23)25-17-24(40-26(25)28(36)37-2)11-13-29(14-15-29)30(31,32)33/h17,19-23H,3-10,12,14-16,18H2,1-2H3/t19-,20-,21-,22+,23?. The number of esters is 1. The highest BCUT2D eigenvalue weighted by Gasteiger charge is 2.62. The third kappa shape index (κ3) is 6.37. The van der Waals surface area contributed by atoms with Crippen LogP contribution in [0.2, 0.25) is 0 Å². The van der Waals surface area contributed by atoms with Crippen molar-refractivity contribution in [3.05, 3.63) is 15.8 Å². The van der Waals surface area contributed by atoms with E-state index in [1.807, 2.05) is 0 Å². The Bertz CT molecular complexity index is 1130. The van der Waals surface area contributed by atoms with Gasteiger partial charge in [-0.15, -0.1) is 11.3 Å². The molecule has 2 heterocycles. The average Bonchev–Trinajstić information content (AvgIpc) is 3.37. The summed E-state index contributed by atoms with van der Waals surface area (Å²) in [7, 11) is 1.27. The van der Waals surface area contributed by atoms with E-state index in [4.69, 9.17) is 14.2 Å². The maximum Gasteiger partial charge on any atom is 0.405 e. The van der Waals surface area contributed by atoms with Crippen molar-refractivity contribution < 1.29 is 37.0 Å². The van der Waals surface area contributed by atoms with Crippen molar-refractivity contribution in [2.45, 2.75) is 102 Å². The lowest BCUT2D eigenvalue weighted by molar-refractivity contribution is -0.168. The molecule has 5 rings (SSSR count). The Hall–Kier alpha value is -2.09. The fraction of sp³-hybridized carbons (Fsp3) is 0.733. The fourth-order valence-corrected chi connectivity index (χ4v) is 7.10. The highest BCUT2D eigenvalue weighted by Crippen LogP contribution is 2.57. The summed E-state index contributed by atoms with van der Waals surface area (Å²) >= 11 is 1.00. The van der Waals surface area contributed by atoms with Crippen LogP contribution in [-0.4, -0.2) is 56.6 Å². The van der Waals surface area contributed by atoms with Crippen LogP contribution in [0.3, 0.4) is 0 Å². The second kappa shape index (κ2) is 12.0. The molecule has 1 aromatic rings. The number of thiophene rings is 1. The van der Waals surface area contributed by atoms with E-state index in [-0.39, 0.29) is 47.8 Å². The van der Waals surface area contributed by atoms with Gasteiger partial charge in [-0.25, -0.2) is 4.79 Å². The van der Waals surface area contributed by atoms with Crippen molar-refractivity contribution in [2.24, 2.45) is 17.3 Å². The molecule has 4 aliphatic rings. The third-order valence-corrected chi connectivity index (χ3v) is 9.96. The minimum absolute atomic E-state index is 0.0168. The first-order valence-electron chi connectivity index (χ1n) is 14.5. The number of nitrogens with zero attached hydrogens (tertiary/aromatic N) is 1. The number of hydrogen-bond acceptors (Lipinski definition) is 6. The van der Waals surface area contributed by atoms with Gasteiger partial charge in [0.05, 0.1) is 36.5 Å². The SMILES string of the molecule is COC(=O)c1sc(C#CC2(C(F)(F)F)CC2)cc1N(C(=O)[C@H]1CC[C@H](C)CC1)[C@H]1CC[C@@H](OC2CCOC2)CC1. The molecule has 0 radical (unpaired) electrons. The van der Waals surface area contributed by atoms with E-state index in [1.165, 1.54) is 7.11 Å². The van der Waals surface area contributed by atoms with Gasteiger partial charge in [-0.2, -0.15) is 13.2 Å². The number of halogens is 3. The van der Waals surface area contributed by atoms with E-state index < -0.39 is 17.6 Å². The third-order valence-electron chi connectivity index (χ3n) is 8.94. The molecule has 1 saturated heterocycles. The number of amides is 1. The summed E-state index contributed by atoms with van der Waals surface area (Å²) in [5, 5.41) is 0. The van der Waals surface area contributed by atoms with Crippen molar-refractivity contribution >= 4 is 28.9 Å². The molecule has 220 valence electrons. The Kier molecular flexibility index (Phi) is 8.84. The normalized spacial score (nSPS) is 29.8. The molecule has 1 aliphatic heterocycles. The predicted molar refractivity (Wildman–Crippen MR) is 145 cm³/mol. The van der Waals surface area contributed by atoms with Crippen molar-refractivity contribution in [3.63, 3.8) is 0 Å². The van der Waals surface area contributed by atoms with Crippen LogP contribution in [0.5, 0.6) is 0 Å². The first-order chi connectivity index (χ1) is 19.1. The molecule has 0 N–H and O–H groups in total. The van der Waals surface area contributed by atoms with E-state index in [0.717, 1.165) is 56.3 Å². The molecule has 0 aromatic carbocycles. The number of methoxy groups -OCH3 is 1. The van der Waals surface area contributed by atoms with E-state index in [9.17, 15) is 22.8 Å². The van der Waals surface area contributed by atoms with Gasteiger partial charge in [0, 0.05) is 18.6 Å². The first-order valence-corrected chi connectivity index (χ1v) is 15.3. The minimum atomic E-state index is -4.39. The Morgan fingerprint density at radius 2 is 1.75 bits per heavy atom. The van der Waals surface area contributed by atoms with Crippen LogP contribution >= 0.6 is 11.3 Å². The molecule has 6 nitrogen and oxygen atoms in total. The van der Waals surface area contributed by atoms with Crippen LogP contribution in [0.1, 0.15) is 92.1 Å². The van der Waals surface area contributed by atoms with Gasteiger partial charge in [-0.1, -0.05) is 18.8 Å². The minimum Gasteiger partial charge on any atom is -0.465 e. The van der Waals surface area contributed by atoms with Crippen molar-refractivity contribution in [2.75, 3.05) is 25.2 Å². The van der Waals surface area contributed by atoms with Crippen molar-refractivity contribution in [1.29, 1.82) is 0 Å². The molecular formula is C30H38F3NO5S. The Morgan fingerprint density at radius 3 is 2.33 bits per heavy atom. The zero-order valence-corrected chi connectivity index (χ0v) is 24.0. The number of anilines is 1. The van der Waals surface area contributed by atoms with Gasteiger partial charge in [-0.3, -0.25) is 4.79 Å². The van der Waals surface area contributed by atoms with E-state index in [0.29, 0.717) is 42.5 Å². The molecule has 10 heteroatoms. The quantitative estimate of drug-likeness (QED) is 0.283. The zero-order chi connectivity index (χ0) is 28.5. The van der Waals surface area contributed by atoms with Gasteiger partial charge in [0.1, 0.15) is 10.3 Å². The lowest BCUT2D eigenvalue weighted by Crippen LogP contribution is -2.47. The molecule has 3 aliphatic carbocycles. The van der Waals surface area contributed by atoms with Gasteiger partial charge in [0.2, 0.25) is 5.91 Å². The number of rotatable bonds is 6. The molecule has 0 spiro atoms. The highest BCUT2D eigenvalue weighted by atomic mass is 32.1. The largest absolute Gasteiger partial charge is 0.465 e.